The third-order valence-corrected chi connectivity index (χ3v) is 2.89. The van der Waals surface area contributed by atoms with Crippen LogP contribution in [0.1, 0.15) is 37.5 Å². The molecule has 0 radical (unpaired) electrons. The summed E-state index contributed by atoms with van der Waals surface area (Å²) in [4.78, 5) is 1.29. The second kappa shape index (κ2) is 6.03. The minimum Gasteiger partial charge on any atom is -0.492 e. The normalized spacial score (nSPS) is 10.3. The van der Waals surface area contributed by atoms with Crippen LogP contribution in [0.3, 0.4) is 0 Å². The smallest absolute Gasteiger partial charge is 0.132 e. The second-order valence-electron chi connectivity index (χ2n) is 3.25. The summed E-state index contributed by atoms with van der Waals surface area (Å²) in [5.74, 6) is 1.07. The summed E-state index contributed by atoms with van der Waals surface area (Å²) in [7, 11) is 0. The van der Waals surface area contributed by atoms with Crippen LogP contribution >= 0.6 is 11.3 Å². The van der Waals surface area contributed by atoms with Crippen LogP contribution in [0.2, 0.25) is 0 Å². The first-order chi connectivity index (χ1) is 6.34. The van der Waals surface area contributed by atoms with E-state index in [0.29, 0.717) is 0 Å². The molecule has 2 heteroatoms. The zero-order valence-electron chi connectivity index (χ0n) is 8.51. The van der Waals surface area contributed by atoms with Crippen molar-refractivity contribution in [3.8, 4) is 5.75 Å². The molecule has 0 fully saturated rings. The van der Waals surface area contributed by atoms with Crippen molar-refractivity contribution in [2.24, 2.45) is 0 Å². The van der Waals surface area contributed by atoms with Gasteiger partial charge in [0, 0.05) is 4.88 Å². The molecule has 0 aliphatic carbocycles. The molecule has 13 heavy (non-hydrogen) atoms. The van der Waals surface area contributed by atoms with Gasteiger partial charge in [-0.3, -0.25) is 0 Å². The molecule has 0 spiro atoms. The molecule has 0 amide bonds. The van der Waals surface area contributed by atoms with E-state index < -0.39 is 0 Å². The highest BCUT2D eigenvalue weighted by atomic mass is 32.1. The topological polar surface area (TPSA) is 9.23 Å². The van der Waals surface area contributed by atoms with Crippen molar-refractivity contribution in [2.75, 3.05) is 6.61 Å². The van der Waals surface area contributed by atoms with Crippen LogP contribution in [-0.4, -0.2) is 6.61 Å². The molecule has 0 bridgehead atoms. The number of hydrogen-bond acceptors (Lipinski definition) is 2. The van der Waals surface area contributed by atoms with E-state index in [-0.39, 0.29) is 0 Å². The molecule has 1 nitrogen and oxygen atoms in total. The van der Waals surface area contributed by atoms with Crippen LogP contribution in [0, 0.1) is 6.92 Å². The molecule has 0 N–H and O–H groups in total. The number of thiophene rings is 1. The minimum atomic E-state index is 0.873. The van der Waals surface area contributed by atoms with Gasteiger partial charge in [-0.1, -0.05) is 26.2 Å². The Morgan fingerprint density at radius 1 is 1.31 bits per heavy atom. The summed E-state index contributed by atoms with van der Waals surface area (Å²) < 4.78 is 5.63. The first-order valence-corrected chi connectivity index (χ1v) is 5.89. The molecule has 0 saturated carbocycles. The Bertz CT molecular complexity index is 230. The van der Waals surface area contributed by atoms with Gasteiger partial charge in [0.25, 0.3) is 0 Å². The van der Waals surface area contributed by atoms with Crippen LogP contribution in [-0.2, 0) is 0 Å². The van der Waals surface area contributed by atoms with E-state index in [1.54, 1.807) is 11.3 Å². The van der Waals surface area contributed by atoms with E-state index in [4.69, 9.17) is 4.74 Å². The standard InChI is InChI=1S/C11H18OS/c1-3-4-5-6-8-12-11-7-9-13-10(11)2/h7,9H,3-6,8H2,1-2H3. The van der Waals surface area contributed by atoms with Crippen molar-refractivity contribution < 1.29 is 4.74 Å². The Balaban J connectivity index is 2.10. The van der Waals surface area contributed by atoms with Crippen LogP contribution < -0.4 is 4.74 Å². The molecule has 0 atom stereocenters. The lowest BCUT2D eigenvalue weighted by atomic mass is 10.2. The lowest BCUT2D eigenvalue weighted by Gasteiger charge is -2.04. The monoisotopic (exact) mass is 198 g/mol. The van der Waals surface area contributed by atoms with Crippen LogP contribution in [0.4, 0.5) is 0 Å². The first kappa shape index (κ1) is 10.6. The summed E-state index contributed by atoms with van der Waals surface area (Å²) in [5.41, 5.74) is 0. The predicted octanol–water partition coefficient (Wildman–Crippen LogP) is 4.02. The van der Waals surface area contributed by atoms with Crippen LogP contribution in [0.15, 0.2) is 11.4 Å². The van der Waals surface area contributed by atoms with E-state index >= 15 is 0 Å². The number of aryl methyl sites for hydroxylation is 1. The molecule has 0 unspecified atom stereocenters. The quantitative estimate of drug-likeness (QED) is 0.627. The van der Waals surface area contributed by atoms with E-state index in [1.807, 2.05) is 0 Å². The highest BCUT2D eigenvalue weighted by Crippen LogP contribution is 2.23. The highest BCUT2D eigenvalue weighted by molar-refractivity contribution is 7.10. The zero-order valence-corrected chi connectivity index (χ0v) is 9.32. The minimum absolute atomic E-state index is 0.873. The Morgan fingerprint density at radius 3 is 2.77 bits per heavy atom. The summed E-state index contributed by atoms with van der Waals surface area (Å²) >= 11 is 1.75. The third-order valence-electron chi connectivity index (χ3n) is 2.07. The van der Waals surface area contributed by atoms with Gasteiger partial charge in [0.15, 0.2) is 0 Å². The van der Waals surface area contributed by atoms with Crippen LogP contribution in [0.5, 0.6) is 5.75 Å². The van der Waals surface area contributed by atoms with Gasteiger partial charge < -0.3 is 4.74 Å². The average Bonchev–Trinajstić information content (AvgIpc) is 2.52. The Kier molecular flexibility index (Phi) is 4.91. The van der Waals surface area contributed by atoms with Crippen molar-refractivity contribution in [3.05, 3.63) is 16.3 Å². The maximum absolute atomic E-state index is 5.63. The molecule has 0 aromatic carbocycles. The maximum atomic E-state index is 5.63. The molecule has 74 valence electrons. The third kappa shape index (κ3) is 3.81. The van der Waals surface area contributed by atoms with E-state index in [0.717, 1.165) is 12.4 Å². The summed E-state index contributed by atoms with van der Waals surface area (Å²) in [6.45, 7) is 5.20. The lowest BCUT2D eigenvalue weighted by Crippen LogP contribution is -1.96. The molecule has 1 aromatic rings. The van der Waals surface area contributed by atoms with E-state index in [2.05, 4.69) is 25.3 Å². The fourth-order valence-corrected chi connectivity index (χ4v) is 1.87. The van der Waals surface area contributed by atoms with Crippen molar-refractivity contribution in [1.29, 1.82) is 0 Å². The molecule has 0 aliphatic heterocycles. The van der Waals surface area contributed by atoms with Gasteiger partial charge in [0.05, 0.1) is 6.61 Å². The number of ether oxygens (including phenoxy) is 1. The Morgan fingerprint density at radius 2 is 2.15 bits per heavy atom. The summed E-state index contributed by atoms with van der Waals surface area (Å²) in [6, 6.07) is 2.06. The number of hydrogen-bond donors (Lipinski definition) is 0. The van der Waals surface area contributed by atoms with E-state index in [1.165, 1.54) is 30.6 Å². The van der Waals surface area contributed by atoms with Crippen LogP contribution in [0.25, 0.3) is 0 Å². The van der Waals surface area contributed by atoms with E-state index in [9.17, 15) is 0 Å². The first-order valence-electron chi connectivity index (χ1n) is 5.01. The maximum Gasteiger partial charge on any atom is 0.132 e. The van der Waals surface area contributed by atoms with Gasteiger partial charge in [-0.05, 0) is 24.8 Å². The zero-order chi connectivity index (χ0) is 9.52. The van der Waals surface area contributed by atoms with Gasteiger partial charge in [0.1, 0.15) is 5.75 Å². The molecule has 1 rings (SSSR count). The molecule has 0 aliphatic rings. The Labute approximate surface area is 84.7 Å². The lowest BCUT2D eigenvalue weighted by molar-refractivity contribution is 0.304. The SMILES string of the molecule is CCCCCCOc1ccsc1C. The molecule has 0 saturated heterocycles. The predicted molar refractivity (Wildman–Crippen MR) is 58.7 cm³/mol. The van der Waals surface area contributed by atoms with Gasteiger partial charge in [0.2, 0.25) is 0 Å². The molecule has 1 aromatic heterocycles. The van der Waals surface area contributed by atoms with Crippen molar-refractivity contribution in [3.63, 3.8) is 0 Å². The molecular formula is C11H18OS. The van der Waals surface area contributed by atoms with Gasteiger partial charge in [-0.25, -0.2) is 0 Å². The highest BCUT2D eigenvalue weighted by Gasteiger charge is 1.98. The summed E-state index contributed by atoms with van der Waals surface area (Å²) in [6.07, 6.45) is 5.09. The average molecular weight is 198 g/mol. The Hall–Kier alpha value is -0.500. The van der Waals surface area contributed by atoms with Gasteiger partial charge in [-0.15, -0.1) is 11.3 Å². The molecule has 1 heterocycles. The fourth-order valence-electron chi connectivity index (χ4n) is 1.23. The number of unbranched alkanes of at least 4 members (excludes halogenated alkanes) is 3. The fraction of sp³-hybridized carbons (Fsp3) is 0.636. The van der Waals surface area contributed by atoms with Crippen molar-refractivity contribution in [1.82, 2.24) is 0 Å². The van der Waals surface area contributed by atoms with Gasteiger partial charge in [-0.2, -0.15) is 0 Å². The largest absolute Gasteiger partial charge is 0.492 e. The summed E-state index contributed by atoms with van der Waals surface area (Å²) in [5, 5.41) is 2.08. The molecular weight excluding hydrogens is 180 g/mol. The number of rotatable bonds is 6. The van der Waals surface area contributed by atoms with Crippen molar-refractivity contribution >= 4 is 11.3 Å². The second-order valence-corrected chi connectivity index (χ2v) is 4.37. The van der Waals surface area contributed by atoms with Crippen molar-refractivity contribution in [2.45, 2.75) is 39.5 Å². The van der Waals surface area contributed by atoms with Gasteiger partial charge >= 0.3 is 0 Å².